The lowest BCUT2D eigenvalue weighted by molar-refractivity contribution is -0.138. The highest BCUT2D eigenvalue weighted by Gasteiger charge is 2.12. The lowest BCUT2D eigenvalue weighted by atomic mass is 9.87. The molecule has 1 aromatic rings. The fourth-order valence-electron chi connectivity index (χ4n) is 1.40. The molecule has 1 rings (SSSR count). The number of hydrogen-bond donors (Lipinski definition) is 2. The molecular weight excluding hydrogens is 242 g/mol. The highest BCUT2D eigenvalue weighted by molar-refractivity contribution is 6.34. The van der Waals surface area contributed by atoms with Crippen molar-refractivity contribution in [3.05, 3.63) is 35.4 Å². The number of hydrogen-bond acceptors (Lipinski definition) is 3. The second-order valence-corrected chi connectivity index (χ2v) is 5.15. The van der Waals surface area contributed by atoms with Crippen LogP contribution in [0.3, 0.4) is 0 Å². The van der Waals surface area contributed by atoms with Crippen LogP contribution in [0.4, 0.5) is 0 Å². The second kappa shape index (κ2) is 6.13. The van der Waals surface area contributed by atoms with E-state index in [-0.39, 0.29) is 5.41 Å². The Kier molecular flexibility index (Phi) is 4.80. The molecule has 0 unspecified atom stereocenters. The first-order valence-electron chi connectivity index (χ1n) is 6.00. The Morgan fingerprint density at radius 3 is 2.16 bits per heavy atom. The molecule has 5 heteroatoms. The minimum absolute atomic E-state index is 0.100. The SMILES string of the molecule is CNC(=O)C(=O)N/N=C\c1ccc(C(C)(C)C)cc1. The zero-order valence-electron chi connectivity index (χ0n) is 11.7. The van der Waals surface area contributed by atoms with Crippen molar-refractivity contribution in [3.8, 4) is 0 Å². The number of nitrogens with zero attached hydrogens (tertiary/aromatic N) is 1. The van der Waals surface area contributed by atoms with Gasteiger partial charge >= 0.3 is 11.8 Å². The van der Waals surface area contributed by atoms with E-state index in [1.165, 1.54) is 18.8 Å². The van der Waals surface area contributed by atoms with Gasteiger partial charge in [-0.05, 0) is 16.5 Å². The number of carbonyl (C=O) groups is 2. The lowest BCUT2D eigenvalue weighted by Crippen LogP contribution is -2.35. The summed E-state index contributed by atoms with van der Waals surface area (Å²) in [6.07, 6.45) is 1.49. The van der Waals surface area contributed by atoms with Gasteiger partial charge in [-0.15, -0.1) is 0 Å². The Labute approximate surface area is 113 Å². The fourth-order valence-corrected chi connectivity index (χ4v) is 1.40. The maximum absolute atomic E-state index is 11.1. The molecule has 0 fully saturated rings. The largest absolute Gasteiger partial charge is 0.351 e. The minimum Gasteiger partial charge on any atom is -0.351 e. The maximum atomic E-state index is 11.1. The van der Waals surface area contributed by atoms with Gasteiger partial charge in [-0.25, -0.2) is 5.43 Å². The molecule has 0 aromatic heterocycles. The predicted molar refractivity (Wildman–Crippen MR) is 74.9 cm³/mol. The van der Waals surface area contributed by atoms with Crippen molar-refractivity contribution in [2.75, 3.05) is 7.05 Å². The molecule has 2 amide bonds. The molecule has 0 saturated heterocycles. The summed E-state index contributed by atoms with van der Waals surface area (Å²) < 4.78 is 0. The number of benzene rings is 1. The number of likely N-dealkylation sites (N-methyl/N-ethyl adjacent to an activating group) is 1. The second-order valence-electron chi connectivity index (χ2n) is 5.15. The lowest BCUT2D eigenvalue weighted by Gasteiger charge is -2.18. The van der Waals surface area contributed by atoms with Crippen molar-refractivity contribution in [1.82, 2.24) is 10.7 Å². The molecule has 0 bridgehead atoms. The predicted octanol–water partition coefficient (Wildman–Crippen LogP) is 1.18. The maximum Gasteiger partial charge on any atom is 0.329 e. The van der Waals surface area contributed by atoms with Gasteiger partial charge in [-0.3, -0.25) is 9.59 Å². The van der Waals surface area contributed by atoms with Crippen LogP contribution in [0, 0.1) is 0 Å². The molecular formula is C14H19N3O2. The van der Waals surface area contributed by atoms with Crippen LogP contribution in [0.25, 0.3) is 0 Å². The summed E-state index contributed by atoms with van der Waals surface area (Å²) in [5.41, 5.74) is 4.32. The number of amides is 2. The van der Waals surface area contributed by atoms with Gasteiger partial charge in [0.05, 0.1) is 6.21 Å². The van der Waals surface area contributed by atoms with Crippen LogP contribution in [0.5, 0.6) is 0 Å². The number of hydrazone groups is 1. The van der Waals surface area contributed by atoms with E-state index < -0.39 is 11.8 Å². The summed E-state index contributed by atoms with van der Waals surface area (Å²) in [5.74, 6) is -1.51. The molecule has 2 N–H and O–H groups in total. The Hall–Kier alpha value is -2.17. The van der Waals surface area contributed by atoms with Crippen LogP contribution in [0.15, 0.2) is 29.4 Å². The summed E-state index contributed by atoms with van der Waals surface area (Å²) in [4.78, 5) is 22.0. The van der Waals surface area contributed by atoms with Crippen molar-refractivity contribution in [3.63, 3.8) is 0 Å². The topological polar surface area (TPSA) is 70.6 Å². The Morgan fingerprint density at radius 1 is 1.11 bits per heavy atom. The van der Waals surface area contributed by atoms with Crippen molar-refractivity contribution in [2.45, 2.75) is 26.2 Å². The van der Waals surface area contributed by atoms with E-state index in [4.69, 9.17) is 0 Å². The van der Waals surface area contributed by atoms with Gasteiger partial charge < -0.3 is 5.32 Å². The molecule has 0 saturated carbocycles. The minimum atomic E-state index is -0.787. The molecule has 19 heavy (non-hydrogen) atoms. The zero-order valence-corrected chi connectivity index (χ0v) is 11.7. The van der Waals surface area contributed by atoms with Crippen LogP contribution in [0.1, 0.15) is 31.9 Å². The van der Waals surface area contributed by atoms with Crippen LogP contribution < -0.4 is 10.7 Å². The standard InChI is InChI=1S/C14H19N3O2/c1-14(2,3)11-7-5-10(6-8-11)9-16-17-13(19)12(18)15-4/h5-9H,1-4H3,(H,15,18)(H,17,19)/b16-9-. The molecule has 0 radical (unpaired) electrons. The molecule has 0 aliphatic heterocycles. The van der Waals surface area contributed by atoms with Gasteiger partial charge in [-0.2, -0.15) is 5.10 Å². The number of rotatable bonds is 2. The van der Waals surface area contributed by atoms with Gasteiger partial charge in [0.25, 0.3) is 0 Å². The van der Waals surface area contributed by atoms with E-state index in [1.54, 1.807) is 0 Å². The molecule has 0 aliphatic rings. The summed E-state index contributed by atoms with van der Waals surface area (Å²) in [6.45, 7) is 6.42. The summed E-state index contributed by atoms with van der Waals surface area (Å²) in [6, 6.07) is 7.86. The van der Waals surface area contributed by atoms with Crippen LogP contribution in [-0.4, -0.2) is 25.1 Å². The highest BCUT2D eigenvalue weighted by atomic mass is 16.2. The fraction of sp³-hybridized carbons (Fsp3) is 0.357. The zero-order chi connectivity index (χ0) is 14.5. The third kappa shape index (κ3) is 4.54. The van der Waals surface area contributed by atoms with Crippen LogP contribution in [0.2, 0.25) is 0 Å². The van der Waals surface area contributed by atoms with Crippen molar-refractivity contribution < 1.29 is 9.59 Å². The first-order chi connectivity index (χ1) is 8.84. The van der Waals surface area contributed by atoms with Crippen molar-refractivity contribution in [1.29, 1.82) is 0 Å². The average Bonchev–Trinajstić information content (AvgIpc) is 2.37. The first kappa shape index (κ1) is 14.9. The van der Waals surface area contributed by atoms with Gasteiger partial charge in [0, 0.05) is 7.05 Å². The summed E-state index contributed by atoms with van der Waals surface area (Å²) in [7, 11) is 1.39. The van der Waals surface area contributed by atoms with Gasteiger partial charge in [0.2, 0.25) is 0 Å². The third-order valence-corrected chi connectivity index (χ3v) is 2.59. The summed E-state index contributed by atoms with van der Waals surface area (Å²) >= 11 is 0. The summed E-state index contributed by atoms with van der Waals surface area (Å²) in [5, 5.41) is 5.93. The molecule has 0 heterocycles. The Morgan fingerprint density at radius 2 is 1.68 bits per heavy atom. The van der Waals surface area contributed by atoms with Crippen LogP contribution >= 0.6 is 0 Å². The molecule has 5 nitrogen and oxygen atoms in total. The Bertz CT molecular complexity index is 484. The van der Waals surface area contributed by atoms with E-state index in [0.29, 0.717) is 0 Å². The molecule has 0 aliphatic carbocycles. The van der Waals surface area contributed by atoms with E-state index in [0.717, 1.165) is 5.56 Å². The normalized spacial score (nSPS) is 11.4. The van der Waals surface area contributed by atoms with E-state index in [9.17, 15) is 9.59 Å². The van der Waals surface area contributed by atoms with E-state index in [1.807, 2.05) is 24.3 Å². The molecule has 1 aromatic carbocycles. The monoisotopic (exact) mass is 261 g/mol. The molecule has 102 valence electrons. The first-order valence-corrected chi connectivity index (χ1v) is 6.00. The van der Waals surface area contributed by atoms with Crippen molar-refractivity contribution in [2.24, 2.45) is 5.10 Å². The third-order valence-electron chi connectivity index (χ3n) is 2.59. The number of nitrogens with one attached hydrogen (secondary N) is 2. The van der Waals surface area contributed by atoms with E-state index in [2.05, 4.69) is 36.6 Å². The molecule has 0 atom stereocenters. The quantitative estimate of drug-likeness (QED) is 0.477. The van der Waals surface area contributed by atoms with Gasteiger partial charge in [-0.1, -0.05) is 45.0 Å². The Balaban J connectivity index is 2.64. The number of carbonyl (C=O) groups excluding carboxylic acids is 2. The molecule has 0 spiro atoms. The highest BCUT2D eigenvalue weighted by Crippen LogP contribution is 2.21. The van der Waals surface area contributed by atoms with Gasteiger partial charge in [0.1, 0.15) is 0 Å². The smallest absolute Gasteiger partial charge is 0.329 e. The van der Waals surface area contributed by atoms with Crippen molar-refractivity contribution >= 4 is 18.0 Å². The average molecular weight is 261 g/mol. The van der Waals surface area contributed by atoms with Gasteiger partial charge in [0.15, 0.2) is 0 Å². The van der Waals surface area contributed by atoms with Crippen LogP contribution in [-0.2, 0) is 15.0 Å². The van der Waals surface area contributed by atoms with E-state index >= 15 is 0 Å².